The number of rotatable bonds is 6. The van der Waals surface area contributed by atoms with Crippen LogP contribution in [0.2, 0.25) is 0 Å². The lowest BCUT2D eigenvalue weighted by Crippen LogP contribution is -2.37. The van der Waals surface area contributed by atoms with Crippen molar-refractivity contribution in [3.05, 3.63) is 36.0 Å². The van der Waals surface area contributed by atoms with Gasteiger partial charge in [0.05, 0.1) is 0 Å². The van der Waals surface area contributed by atoms with Gasteiger partial charge in [0.15, 0.2) is 0 Å². The van der Waals surface area contributed by atoms with Gasteiger partial charge in [-0.1, -0.05) is 32.9 Å². The van der Waals surface area contributed by atoms with E-state index in [1.165, 1.54) is 10.9 Å². The minimum Gasteiger partial charge on any atom is -0.480 e. The van der Waals surface area contributed by atoms with Crippen molar-refractivity contribution in [3.63, 3.8) is 0 Å². The molecule has 2 N–H and O–H groups in total. The third kappa shape index (κ3) is 5.26. The molecular weight excluding hydrogens is 312 g/mol. The van der Waals surface area contributed by atoms with Crippen molar-refractivity contribution < 1.29 is 9.90 Å². The number of nitrogens with one attached hydrogen (secondary N) is 1. The third-order valence-corrected chi connectivity index (χ3v) is 4.04. The van der Waals surface area contributed by atoms with E-state index in [1.807, 2.05) is 19.3 Å². The zero-order valence-corrected chi connectivity index (χ0v) is 15.1. The summed E-state index contributed by atoms with van der Waals surface area (Å²) in [6.07, 6.45) is 3.55. The predicted molar refractivity (Wildman–Crippen MR) is 97.1 cm³/mol. The minimum atomic E-state index is -0.774. The monoisotopic (exact) mass is 338 g/mol. The molecule has 1 atom stereocenters. The van der Waals surface area contributed by atoms with Gasteiger partial charge >= 0.3 is 5.97 Å². The molecule has 0 saturated heterocycles. The first-order chi connectivity index (χ1) is 10.3. The highest BCUT2D eigenvalue weighted by molar-refractivity contribution is 5.85. The number of carbonyl (C=O) groups is 1. The molecule has 0 aliphatic rings. The van der Waals surface area contributed by atoms with Crippen LogP contribution in [0.15, 0.2) is 30.5 Å². The molecule has 0 saturated carbocycles. The first-order valence-electron chi connectivity index (χ1n) is 7.77. The molecule has 128 valence electrons. The lowest BCUT2D eigenvalue weighted by molar-refractivity contribution is -0.139. The molecule has 0 bridgehead atoms. The van der Waals surface area contributed by atoms with Crippen molar-refractivity contribution in [3.8, 4) is 0 Å². The SMILES string of the molecule is Cl.Cn1ccc2c(CNC(CCC(C)(C)C)C(=O)O)cccc21. The van der Waals surface area contributed by atoms with Crippen LogP contribution in [-0.2, 0) is 18.4 Å². The molecule has 4 nitrogen and oxygen atoms in total. The van der Waals surface area contributed by atoms with Gasteiger partial charge in [0.1, 0.15) is 6.04 Å². The lowest BCUT2D eigenvalue weighted by Gasteiger charge is -2.21. The fraction of sp³-hybridized carbons (Fsp3) is 0.500. The summed E-state index contributed by atoms with van der Waals surface area (Å²) in [5.41, 5.74) is 2.45. The molecule has 0 fully saturated rings. The largest absolute Gasteiger partial charge is 0.480 e. The Labute approximate surface area is 144 Å². The first kappa shape index (κ1) is 19.5. The topological polar surface area (TPSA) is 54.3 Å². The van der Waals surface area contributed by atoms with Crippen LogP contribution in [0.3, 0.4) is 0 Å². The Morgan fingerprint density at radius 1 is 1.30 bits per heavy atom. The molecule has 2 aromatic rings. The summed E-state index contributed by atoms with van der Waals surface area (Å²) in [5.74, 6) is -0.774. The maximum absolute atomic E-state index is 11.4. The number of carboxylic acid groups (broad SMARTS) is 1. The molecule has 0 radical (unpaired) electrons. The van der Waals surface area contributed by atoms with E-state index in [2.05, 4.69) is 48.9 Å². The van der Waals surface area contributed by atoms with Crippen LogP contribution < -0.4 is 5.32 Å². The maximum Gasteiger partial charge on any atom is 0.320 e. The fourth-order valence-electron chi connectivity index (χ4n) is 2.64. The number of benzene rings is 1. The minimum absolute atomic E-state index is 0. The van der Waals surface area contributed by atoms with Crippen LogP contribution in [0.4, 0.5) is 0 Å². The first-order valence-corrected chi connectivity index (χ1v) is 7.77. The number of aromatic nitrogens is 1. The number of nitrogens with zero attached hydrogens (tertiary/aromatic N) is 1. The van der Waals surface area contributed by atoms with Gasteiger partial charge in [-0.2, -0.15) is 0 Å². The highest BCUT2D eigenvalue weighted by Gasteiger charge is 2.20. The van der Waals surface area contributed by atoms with Gasteiger partial charge in [-0.15, -0.1) is 12.4 Å². The van der Waals surface area contributed by atoms with E-state index in [4.69, 9.17) is 0 Å². The van der Waals surface area contributed by atoms with Gasteiger partial charge in [-0.05, 0) is 36.0 Å². The van der Waals surface area contributed by atoms with Crippen molar-refractivity contribution in [2.45, 2.75) is 46.2 Å². The highest BCUT2D eigenvalue weighted by Crippen LogP contribution is 2.23. The van der Waals surface area contributed by atoms with Crippen molar-refractivity contribution >= 4 is 29.3 Å². The molecular formula is C18H27ClN2O2. The van der Waals surface area contributed by atoms with Crippen molar-refractivity contribution in [2.24, 2.45) is 12.5 Å². The van der Waals surface area contributed by atoms with E-state index in [-0.39, 0.29) is 17.8 Å². The average molecular weight is 339 g/mol. The summed E-state index contributed by atoms with van der Waals surface area (Å²) in [6, 6.07) is 7.73. The molecule has 0 amide bonds. The Kier molecular flexibility index (Phi) is 6.66. The van der Waals surface area contributed by atoms with Crippen LogP contribution in [0.25, 0.3) is 10.9 Å². The van der Waals surface area contributed by atoms with Crippen LogP contribution >= 0.6 is 12.4 Å². The highest BCUT2D eigenvalue weighted by atomic mass is 35.5. The Hall–Kier alpha value is -1.52. The summed E-state index contributed by atoms with van der Waals surface area (Å²) < 4.78 is 2.08. The average Bonchev–Trinajstić information content (AvgIpc) is 2.80. The summed E-state index contributed by atoms with van der Waals surface area (Å²) in [5, 5.41) is 13.8. The summed E-state index contributed by atoms with van der Waals surface area (Å²) in [4.78, 5) is 11.4. The smallest absolute Gasteiger partial charge is 0.320 e. The van der Waals surface area contributed by atoms with Crippen LogP contribution in [0.5, 0.6) is 0 Å². The predicted octanol–water partition coefficient (Wildman–Crippen LogP) is 3.97. The standard InChI is InChI=1S/C18H26N2O2.ClH/c1-18(2,3)10-8-15(17(21)22)19-12-13-6-5-7-16-14(13)9-11-20(16)4;/h5-7,9,11,15,19H,8,10,12H2,1-4H3,(H,21,22);1H. The molecule has 23 heavy (non-hydrogen) atoms. The van der Waals surface area contributed by atoms with E-state index in [1.54, 1.807) is 0 Å². The summed E-state index contributed by atoms with van der Waals surface area (Å²) >= 11 is 0. The van der Waals surface area contributed by atoms with E-state index in [0.29, 0.717) is 13.0 Å². The number of hydrogen-bond donors (Lipinski definition) is 2. The Balaban J connectivity index is 0.00000264. The van der Waals surface area contributed by atoms with E-state index in [0.717, 1.165) is 12.0 Å². The summed E-state index contributed by atoms with van der Waals surface area (Å²) in [7, 11) is 2.02. The number of hydrogen-bond acceptors (Lipinski definition) is 2. The second kappa shape index (κ2) is 7.84. The molecule has 1 unspecified atom stereocenters. The van der Waals surface area contributed by atoms with E-state index < -0.39 is 12.0 Å². The van der Waals surface area contributed by atoms with Gasteiger partial charge in [-0.25, -0.2) is 0 Å². The van der Waals surface area contributed by atoms with Gasteiger partial charge in [-0.3, -0.25) is 4.79 Å². The van der Waals surface area contributed by atoms with Crippen LogP contribution in [-0.4, -0.2) is 21.7 Å². The van der Waals surface area contributed by atoms with Crippen molar-refractivity contribution in [1.29, 1.82) is 0 Å². The lowest BCUT2D eigenvalue weighted by atomic mass is 9.88. The van der Waals surface area contributed by atoms with Crippen molar-refractivity contribution in [2.75, 3.05) is 0 Å². The molecule has 1 aromatic carbocycles. The maximum atomic E-state index is 11.4. The molecule has 1 aromatic heterocycles. The quantitative estimate of drug-likeness (QED) is 0.838. The number of aliphatic carboxylic acids is 1. The molecule has 5 heteroatoms. The van der Waals surface area contributed by atoms with Gasteiger partial charge in [0, 0.05) is 30.7 Å². The summed E-state index contributed by atoms with van der Waals surface area (Å²) in [6.45, 7) is 6.98. The Morgan fingerprint density at radius 2 is 2.00 bits per heavy atom. The zero-order chi connectivity index (χ0) is 16.3. The second-order valence-electron chi connectivity index (χ2n) is 7.15. The molecule has 0 spiro atoms. The Morgan fingerprint density at radius 3 is 2.61 bits per heavy atom. The molecule has 1 heterocycles. The molecule has 0 aliphatic heterocycles. The van der Waals surface area contributed by atoms with Gasteiger partial charge in [0.25, 0.3) is 0 Å². The zero-order valence-electron chi connectivity index (χ0n) is 14.3. The molecule has 2 rings (SSSR count). The Bertz CT molecular complexity index is 659. The normalized spacial score (nSPS) is 12.9. The number of halogens is 1. The van der Waals surface area contributed by atoms with E-state index >= 15 is 0 Å². The van der Waals surface area contributed by atoms with E-state index in [9.17, 15) is 9.90 Å². The van der Waals surface area contributed by atoms with Crippen molar-refractivity contribution in [1.82, 2.24) is 9.88 Å². The number of aryl methyl sites for hydroxylation is 1. The number of carboxylic acids is 1. The van der Waals surface area contributed by atoms with Crippen LogP contribution in [0, 0.1) is 5.41 Å². The fourth-order valence-corrected chi connectivity index (χ4v) is 2.64. The van der Waals surface area contributed by atoms with Gasteiger partial charge in [0.2, 0.25) is 0 Å². The second-order valence-corrected chi connectivity index (χ2v) is 7.15. The van der Waals surface area contributed by atoms with Gasteiger partial charge < -0.3 is 15.0 Å². The third-order valence-electron chi connectivity index (χ3n) is 4.04. The molecule has 0 aliphatic carbocycles. The van der Waals surface area contributed by atoms with Crippen LogP contribution in [0.1, 0.15) is 39.2 Å². The number of fused-ring (bicyclic) bond motifs is 1.